The van der Waals surface area contributed by atoms with Gasteiger partial charge >= 0.3 is 0 Å². The highest BCUT2D eigenvalue weighted by molar-refractivity contribution is 6.06. The molecule has 0 unspecified atom stereocenters. The predicted octanol–water partition coefficient (Wildman–Crippen LogP) is 3.57. The fraction of sp³-hybridized carbons (Fsp3) is 0.286. The molecule has 0 aromatic heterocycles. The van der Waals surface area contributed by atoms with E-state index in [9.17, 15) is 14.4 Å². The third kappa shape index (κ3) is 5.17. The first-order valence-electron chi connectivity index (χ1n) is 9.11. The van der Waals surface area contributed by atoms with E-state index in [4.69, 9.17) is 0 Å². The average Bonchev–Trinajstić information content (AvgIpc) is 3.14. The van der Waals surface area contributed by atoms with Crippen molar-refractivity contribution in [3.05, 3.63) is 59.7 Å². The van der Waals surface area contributed by atoms with Crippen LogP contribution in [0.3, 0.4) is 0 Å². The van der Waals surface area contributed by atoms with Crippen molar-refractivity contribution in [1.29, 1.82) is 0 Å². The highest BCUT2D eigenvalue weighted by atomic mass is 16.2. The minimum Gasteiger partial charge on any atom is -0.349 e. The van der Waals surface area contributed by atoms with Crippen LogP contribution < -0.4 is 16.0 Å². The number of anilines is 2. The molecule has 2 aromatic carbocycles. The topological polar surface area (TPSA) is 87.3 Å². The molecule has 6 heteroatoms. The van der Waals surface area contributed by atoms with E-state index in [0.717, 1.165) is 25.7 Å². The Balaban J connectivity index is 1.68. The van der Waals surface area contributed by atoms with E-state index in [1.54, 1.807) is 48.5 Å². The molecular weight excluding hydrogens is 342 g/mol. The summed E-state index contributed by atoms with van der Waals surface area (Å²) in [6.45, 7) is 1.42. The molecule has 0 saturated heterocycles. The first-order valence-corrected chi connectivity index (χ1v) is 9.11. The van der Waals surface area contributed by atoms with Crippen LogP contribution in [0.4, 0.5) is 11.4 Å². The van der Waals surface area contributed by atoms with Crippen molar-refractivity contribution in [1.82, 2.24) is 5.32 Å². The first kappa shape index (κ1) is 18.6. The molecule has 2 aromatic rings. The Morgan fingerprint density at radius 2 is 1.41 bits per heavy atom. The molecule has 3 amide bonds. The number of amides is 3. The van der Waals surface area contributed by atoms with Gasteiger partial charge in [-0.05, 0) is 49.2 Å². The lowest BCUT2D eigenvalue weighted by Gasteiger charge is -2.12. The number of carbonyl (C=O) groups excluding carboxylic acids is 3. The van der Waals surface area contributed by atoms with E-state index >= 15 is 0 Å². The second-order valence-corrected chi connectivity index (χ2v) is 6.75. The Bertz CT molecular complexity index is 857. The van der Waals surface area contributed by atoms with E-state index in [1.807, 2.05) is 0 Å². The average molecular weight is 365 g/mol. The molecule has 0 bridgehead atoms. The molecule has 0 heterocycles. The van der Waals surface area contributed by atoms with Crippen LogP contribution in [0.15, 0.2) is 48.5 Å². The molecule has 6 nitrogen and oxygen atoms in total. The van der Waals surface area contributed by atoms with Crippen molar-refractivity contribution < 1.29 is 14.4 Å². The summed E-state index contributed by atoms with van der Waals surface area (Å²) < 4.78 is 0. The van der Waals surface area contributed by atoms with Crippen LogP contribution in [-0.2, 0) is 4.79 Å². The monoisotopic (exact) mass is 365 g/mol. The van der Waals surface area contributed by atoms with Crippen molar-refractivity contribution in [2.75, 3.05) is 10.6 Å². The Morgan fingerprint density at radius 3 is 2.07 bits per heavy atom. The molecule has 1 aliphatic rings. The van der Waals surface area contributed by atoms with E-state index < -0.39 is 0 Å². The Hall–Kier alpha value is -3.15. The van der Waals surface area contributed by atoms with Crippen LogP contribution in [0.2, 0.25) is 0 Å². The van der Waals surface area contributed by atoms with Gasteiger partial charge in [-0.15, -0.1) is 0 Å². The zero-order chi connectivity index (χ0) is 19.2. The second kappa shape index (κ2) is 8.49. The normalized spacial score (nSPS) is 13.8. The molecule has 0 spiro atoms. The van der Waals surface area contributed by atoms with Gasteiger partial charge in [-0.25, -0.2) is 0 Å². The summed E-state index contributed by atoms with van der Waals surface area (Å²) in [7, 11) is 0. The molecular formula is C21H23N3O3. The lowest BCUT2D eigenvalue weighted by molar-refractivity contribution is -0.114. The maximum Gasteiger partial charge on any atom is 0.255 e. The Morgan fingerprint density at radius 1 is 0.815 bits per heavy atom. The summed E-state index contributed by atoms with van der Waals surface area (Å²) >= 11 is 0. The van der Waals surface area contributed by atoms with Crippen molar-refractivity contribution >= 4 is 29.1 Å². The highest BCUT2D eigenvalue weighted by Crippen LogP contribution is 2.19. The van der Waals surface area contributed by atoms with Crippen molar-refractivity contribution in [2.45, 2.75) is 38.6 Å². The third-order valence-corrected chi connectivity index (χ3v) is 4.52. The standard InChI is InChI=1S/C21H23N3O3/c1-14(25)22-18-10-5-11-19(13-18)24-21(27)16-7-4-6-15(12-16)20(26)23-17-8-2-3-9-17/h4-7,10-13,17H,2-3,8-9H2,1H3,(H,22,25)(H,23,26)(H,24,27). The molecule has 3 N–H and O–H groups in total. The van der Waals surface area contributed by atoms with E-state index in [0.29, 0.717) is 22.5 Å². The summed E-state index contributed by atoms with van der Waals surface area (Å²) in [5.41, 5.74) is 2.04. The maximum atomic E-state index is 12.5. The van der Waals surface area contributed by atoms with E-state index in [2.05, 4.69) is 16.0 Å². The minimum atomic E-state index is -0.314. The molecule has 27 heavy (non-hydrogen) atoms. The molecule has 1 fully saturated rings. The number of hydrogen-bond acceptors (Lipinski definition) is 3. The molecule has 1 aliphatic carbocycles. The molecule has 1 saturated carbocycles. The van der Waals surface area contributed by atoms with Gasteiger partial charge in [0.15, 0.2) is 0 Å². The van der Waals surface area contributed by atoms with Gasteiger partial charge in [-0.3, -0.25) is 14.4 Å². The summed E-state index contributed by atoms with van der Waals surface area (Å²) in [4.78, 5) is 36.1. The number of carbonyl (C=O) groups is 3. The van der Waals surface area contributed by atoms with E-state index in [1.165, 1.54) is 6.92 Å². The first-order chi connectivity index (χ1) is 13.0. The molecule has 0 atom stereocenters. The van der Waals surface area contributed by atoms with Crippen LogP contribution in [-0.4, -0.2) is 23.8 Å². The Labute approximate surface area is 158 Å². The van der Waals surface area contributed by atoms with Gasteiger partial charge in [0.1, 0.15) is 0 Å². The number of benzene rings is 2. The predicted molar refractivity (Wildman–Crippen MR) is 105 cm³/mol. The van der Waals surface area contributed by atoms with Crippen molar-refractivity contribution in [3.8, 4) is 0 Å². The molecule has 3 rings (SSSR count). The smallest absolute Gasteiger partial charge is 0.255 e. The lowest BCUT2D eigenvalue weighted by atomic mass is 10.1. The zero-order valence-corrected chi connectivity index (χ0v) is 15.2. The largest absolute Gasteiger partial charge is 0.349 e. The molecule has 0 radical (unpaired) electrons. The van der Waals surface area contributed by atoms with Gasteiger partial charge in [0.25, 0.3) is 11.8 Å². The highest BCUT2D eigenvalue weighted by Gasteiger charge is 2.18. The minimum absolute atomic E-state index is 0.149. The van der Waals surface area contributed by atoms with Crippen LogP contribution in [0, 0.1) is 0 Å². The zero-order valence-electron chi connectivity index (χ0n) is 15.2. The van der Waals surface area contributed by atoms with Crippen LogP contribution in [0.25, 0.3) is 0 Å². The fourth-order valence-corrected chi connectivity index (χ4v) is 3.22. The number of nitrogens with one attached hydrogen (secondary N) is 3. The fourth-order valence-electron chi connectivity index (χ4n) is 3.22. The van der Waals surface area contributed by atoms with Gasteiger partial charge < -0.3 is 16.0 Å². The van der Waals surface area contributed by atoms with E-state index in [-0.39, 0.29) is 23.8 Å². The van der Waals surface area contributed by atoms with Crippen LogP contribution in [0.1, 0.15) is 53.3 Å². The van der Waals surface area contributed by atoms with Gasteiger partial charge in [0.05, 0.1) is 0 Å². The molecule has 140 valence electrons. The van der Waals surface area contributed by atoms with Crippen molar-refractivity contribution in [3.63, 3.8) is 0 Å². The van der Waals surface area contributed by atoms with Gasteiger partial charge in [0, 0.05) is 35.5 Å². The second-order valence-electron chi connectivity index (χ2n) is 6.75. The summed E-state index contributed by atoms with van der Waals surface area (Å²) in [5, 5.41) is 8.49. The van der Waals surface area contributed by atoms with Gasteiger partial charge in [0.2, 0.25) is 5.91 Å². The number of hydrogen-bond donors (Lipinski definition) is 3. The summed E-state index contributed by atoms with van der Waals surface area (Å²) in [5.74, 6) is -0.644. The summed E-state index contributed by atoms with van der Waals surface area (Å²) in [6.07, 6.45) is 4.31. The Kier molecular flexibility index (Phi) is 5.86. The number of rotatable bonds is 5. The van der Waals surface area contributed by atoms with Gasteiger partial charge in [-0.2, -0.15) is 0 Å². The lowest BCUT2D eigenvalue weighted by Crippen LogP contribution is -2.32. The summed E-state index contributed by atoms with van der Waals surface area (Å²) in [6, 6.07) is 13.8. The van der Waals surface area contributed by atoms with Crippen LogP contribution in [0.5, 0.6) is 0 Å². The maximum absolute atomic E-state index is 12.5. The molecule has 0 aliphatic heterocycles. The quantitative estimate of drug-likeness (QED) is 0.757. The third-order valence-electron chi connectivity index (χ3n) is 4.52. The van der Waals surface area contributed by atoms with Gasteiger partial charge in [-0.1, -0.05) is 25.0 Å². The SMILES string of the molecule is CC(=O)Nc1cccc(NC(=O)c2cccc(C(=O)NC3CCCC3)c2)c1. The van der Waals surface area contributed by atoms with Crippen LogP contribution >= 0.6 is 0 Å². The van der Waals surface area contributed by atoms with Crippen molar-refractivity contribution in [2.24, 2.45) is 0 Å².